The predicted molar refractivity (Wildman–Crippen MR) is 148 cm³/mol. The summed E-state index contributed by atoms with van der Waals surface area (Å²) in [5.41, 5.74) is 4.82. The number of halogens is 1. The van der Waals surface area contributed by atoms with Crippen LogP contribution in [0.5, 0.6) is 0 Å². The van der Waals surface area contributed by atoms with Gasteiger partial charge in [0.15, 0.2) is 5.78 Å². The number of hydrogen-bond acceptors (Lipinski definition) is 3. The van der Waals surface area contributed by atoms with E-state index < -0.39 is 5.54 Å². The normalized spacial score (nSPS) is 12.1. The highest BCUT2D eigenvalue weighted by Gasteiger charge is 2.25. The molecule has 0 aliphatic heterocycles. The summed E-state index contributed by atoms with van der Waals surface area (Å²) in [6.45, 7) is 13.6. The third-order valence-corrected chi connectivity index (χ3v) is 5.75. The fourth-order valence-corrected chi connectivity index (χ4v) is 3.79. The van der Waals surface area contributed by atoms with E-state index >= 15 is 0 Å². The fourth-order valence-electron chi connectivity index (χ4n) is 3.79. The largest absolute Gasteiger partial charge is 0.322 e. The van der Waals surface area contributed by atoms with Crippen LogP contribution in [-0.4, -0.2) is 21.5 Å². The molecule has 0 atom stereocenters. The first kappa shape index (κ1) is 27.5. The van der Waals surface area contributed by atoms with E-state index in [1.54, 1.807) is 41.9 Å². The second-order valence-electron chi connectivity index (χ2n) is 10.3. The number of aryl methyl sites for hydroxylation is 1. The molecule has 0 saturated carbocycles. The van der Waals surface area contributed by atoms with Crippen LogP contribution in [0.2, 0.25) is 0 Å². The Morgan fingerprint density at radius 2 is 1.59 bits per heavy atom. The van der Waals surface area contributed by atoms with Gasteiger partial charge in [0.1, 0.15) is 5.82 Å². The van der Waals surface area contributed by atoms with Crippen molar-refractivity contribution in [3.8, 4) is 11.3 Å². The van der Waals surface area contributed by atoms with E-state index in [4.69, 9.17) is 0 Å². The second-order valence-corrected chi connectivity index (χ2v) is 10.3. The molecule has 1 heterocycles. The first-order chi connectivity index (χ1) is 17.4. The first-order valence-corrected chi connectivity index (χ1v) is 12.2. The smallest absolute Gasteiger partial charge is 0.259 e. The molecule has 192 valence electrons. The van der Waals surface area contributed by atoms with Gasteiger partial charge in [-0.1, -0.05) is 35.9 Å². The number of rotatable bonds is 7. The van der Waals surface area contributed by atoms with Gasteiger partial charge in [-0.2, -0.15) is 5.10 Å². The van der Waals surface area contributed by atoms with Crippen LogP contribution in [0.15, 0.2) is 84.1 Å². The van der Waals surface area contributed by atoms with E-state index in [0.717, 1.165) is 5.56 Å². The molecule has 0 radical (unpaired) electrons. The van der Waals surface area contributed by atoms with E-state index in [1.165, 1.54) is 23.9 Å². The van der Waals surface area contributed by atoms with Crippen molar-refractivity contribution in [2.75, 3.05) is 5.32 Å². The van der Waals surface area contributed by atoms with Gasteiger partial charge in [0.25, 0.3) is 5.91 Å². The molecule has 0 aliphatic rings. The zero-order valence-corrected chi connectivity index (χ0v) is 22.5. The lowest BCUT2D eigenvalue weighted by molar-refractivity contribution is 0.102. The molecule has 1 amide bonds. The van der Waals surface area contributed by atoms with Crippen molar-refractivity contribution < 1.29 is 14.0 Å². The van der Waals surface area contributed by atoms with Gasteiger partial charge in [-0.15, -0.1) is 0 Å². The minimum Gasteiger partial charge on any atom is -0.322 e. The zero-order chi connectivity index (χ0) is 27.3. The minimum atomic E-state index is -0.407. The molecule has 0 fully saturated rings. The standard InChI is InChI=1S/C31H34FN3O2/c1-20(2)10-8-9-11-22(4)29(36)26-18-25(17-12-21(26)3)34-30(37)27-19-33-35(31(5,6)7)28(27)23-13-15-24(32)16-14-23/h8-19H,1-7H3,(H,34,37)/b9-8-,22-11+. The Morgan fingerprint density at radius 1 is 0.946 bits per heavy atom. The Balaban J connectivity index is 1.93. The maximum atomic E-state index is 13.6. The van der Waals surface area contributed by atoms with Crippen LogP contribution in [0.3, 0.4) is 0 Å². The van der Waals surface area contributed by atoms with Crippen LogP contribution in [0.25, 0.3) is 11.3 Å². The first-order valence-electron chi connectivity index (χ1n) is 12.2. The summed E-state index contributed by atoms with van der Waals surface area (Å²) < 4.78 is 15.3. The van der Waals surface area contributed by atoms with Gasteiger partial charge in [0, 0.05) is 16.8 Å². The van der Waals surface area contributed by atoms with E-state index in [9.17, 15) is 14.0 Å². The topological polar surface area (TPSA) is 64.0 Å². The molecule has 0 spiro atoms. The van der Waals surface area contributed by atoms with Crippen LogP contribution >= 0.6 is 0 Å². The van der Waals surface area contributed by atoms with Gasteiger partial charge < -0.3 is 5.32 Å². The molecule has 1 aromatic heterocycles. The van der Waals surface area contributed by atoms with Crippen molar-refractivity contribution in [2.24, 2.45) is 0 Å². The number of hydrogen-bond donors (Lipinski definition) is 1. The maximum Gasteiger partial charge on any atom is 0.259 e. The molecule has 3 aromatic rings. The lowest BCUT2D eigenvalue weighted by Crippen LogP contribution is -2.24. The molecule has 1 N–H and O–H groups in total. The van der Waals surface area contributed by atoms with E-state index in [2.05, 4.69) is 10.4 Å². The Morgan fingerprint density at radius 3 is 2.22 bits per heavy atom. The molecule has 3 rings (SSSR count). The molecular formula is C31H34FN3O2. The van der Waals surface area contributed by atoms with E-state index in [1.807, 2.05) is 65.8 Å². The molecule has 0 bridgehead atoms. The molecule has 2 aromatic carbocycles. The number of amides is 1. The van der Waals surface area contributed by atoms with Crippen molar-refractivity contribution >= 4 is 17.4 Å². The van der Waals surface area contributed by atoms with Crippen LogP contribution < -0.4 is 5.32 Å². The molecule has 0 saturated heterocycles. The average molecular weight is 500 g/mol. The highest BCUT2D eigenvalue weighted by Crippen LogP contribution is 2.30. The lowest BCUT2D eigenvalue weighted by Gasteiger charge is -2.23. The minimum absolute atomic E-state index is 0.108. The van der Waals surface area contributed by atoms with Crippen molar-refractivity contribution in [1.82, 2.24) is 9.78 Å². The van der Waals surface area contributed by atoms with E-state index in [0.29, 0.717) is 33.6 Å². The number of benzene rings is 2. The maximum absolute atomic E-state index is 13.6. The van der Waals surface area contributed by atoms with Crippen molar-refractivity contribution in [2.45, 2.75) is 54.0 Å². The third-order valence-electron chi connectivity index (χ3n) is 5.75. The van der Waals surface area contributed by atoms with E-state index in [-0.39, 0.29) is 17.5 Å². The Hall–Kier alpha value is -4.06. The molecule has 0 aliphatic carbocycles. The number of ketones is 1. The predicted octanol–water partition coefficient (Wildman–Crippen LogP) is 7.66. The molecular weight excluding hydrogens is 465 g/mol. The highest BCUT2D eigenvalue weighted by atomic mass is 19.1. The zero-order valence-electron chi connectivity index (χ0n) is 22.5. The number of allylic oxidation sites excluding steroid dienone is 6. The number of carbonyl (C=O) groups is 2. The number of carbonyl (C=O) groups excluding carboxylic acids is 2. The van der Waals surface area contributed by atoms with Crippen molar-refractivity contribution in [3.63, 3.8) is 0 Å². The fraction of sp³-hybridized carbons (Fsp3) is 0.258. The second kappa shape index (κ2) is 11.3. The molecule has 37 heavy (non-hydrogen) atoms. The van der Waals surface area contributed by atoms with Crippen LogP contribution in [0.1, 0.15) is 67.8 Å². The summed E-state index contributed by atoms with van der Waals surface area (Å²) in [5.74, 6) is -0.831. The number of nitrogens with zero attached hydrogens (tertiary/aromatic N) is 2. The third kappa shape index (κ3) is 6.79. The van der Waals surface area contributed by atoms with Gasteiger partial charge in [-0.3, -0.25) is 14.3 Å². The molecule has 0 unspecified atom stereocenters. The quantitative estimate of drug-likeness (QED) is 0.206. The average Bonchev–Trinajstić information content (AvgIpc) is 3.29. The number of anilines is 1. The summed E-state index contributed by atoms with van der Waals surface area (Å²) in [4.78, 5) is 26.5. The van der Waals surface area contributed by atoms with Gasteiger partial charge in [-0.25, -0.2) is 4.39 Å². The van der Waals surface area contributed by atoms with Gasteiger partial charge in [0.2, 0.25) is 0 Å². The number of aromatic nitrogens is 2. The monoisotopic (exact) mass is 499 g/mol. The Labute approximate surface area is 218 Å². The van der Waals surface area contributed by atoms with Gasteiger partial charge in [0.05, 0.1) is 23.0 Å². The lowest BCUT2D eigenvalue weighted by atomic mass is 9.98. The molecule has 6 heteroatoms. The van der Waals surface area contributed by atoms with Crippen LogP contribution in [-0.2, 0) is 5.54 Å². The van der Waals surface area contributed by atoms with Crippen LogP contribution in [0, 0.1) is 12.7 Å². The summed E-state index contributed by atoms with van der Waals surface area (Å²) in [7, 11) is 0. The Bertz CT molecular complexity index is 1400. The van der Waals surface area contributed by atoms with Crippen molar-refractivity contribution in [3.05, 3.63) is 107 Å². The van der Waals surface area contributed by atoms with Gasteiger partial charge in [-0.05, 0) is 96.0 Å². The summed E-state index contributed by atoms with van der Waals surface area (Å²) in [6, 6.07) is 11.3. The summed E-state index contributed by atoms with van der Waals surface area (Å²) >= 11 is 0. The van der Waals surface area contributed by atoms with Gasteiger partial charge >= 0.3 is 0 Å². The van der Waals surface area contributed by atoms with Crippen LogP contribution in [0.4, 0.5) is 10.1 Å². The Kier molecular flexibility index (Phi) is 8.43. The number of nitrogens with one attached hydrogen (secondary N) is 1. The van der Waals surface area contributed by atoms with Crippen molar-refractivity contribution in [1.29, 1.82) is 0 Å². The SMILES string of the molecule is CC(C)=C/C=C\C=C(/C)C(=O)c1cc(NC(=O)c2cnn(C(C)(C)C)c2-c2ccc(F)cc2)ccc1C. The number of Topliss-reactive ketones (excluding diaryl/α,β-unsaturated/α-hetero) is 1. The summed E-state index contributed by atoms with van der Waals surface area (Å²) in [6.07, 6.45) is 9.00. The summed E-state index contributed by atoms with van der Waals surface area (Å²) in [5, 5.41) is 7.38. The highest BCUT2D eigenvalue weighted by molar-refractivity contribution is 6.11. The molecule has 5 nitrogen and oxygen atoms in total.